The number of guanidine groups is 1. The van der Waals surface area contributed by atoms with Crippen LogP contribution in [0.15, 0.2) is 4.99 Å². The van der Waals surface area contributed by atoms with Gasteiger partial charge in [-0.15, -0.1) is 24.0 Å². The van der Waals surface area contributed by atoms with Crippen LogP contribution in [0.3, 0.4) is 0 Å². The maximum absolute atomic E-state index is 6.36. The van der Waals surface area contributed by atoms with E-state index in [9.17, 15) is 0 Å². The van der Waals surface area contributed by atoms with Crippen molar-refractivity contribution in [2.75, 3.05) is 52.5 Å². The SMILES string of the molecule is CC1CCCN(C(N)=NCC2(CN3CCOCC3)CCCCC2)C1.I. The van der Waals surface area contributed by atoms with Gasteiger partial charge >= 0.3 is 0 Å². The molecule has 3 rings (SSSR count). The van der Waals surface area contributed by atoms with Crippen molar-refractivity contribution in [1.82, 2.24) is 9.80 Å². The minimum atomic E-state index is 0. The van der Waals surface area contributed by atoms with Crippen LogP contribution < -0.4 is 5.73 Å². The standard InChI is InChI=1S/C19H36N4O.HI/c1-17-6-5-9-23(14-17)18(20)21-15-19(7-3-2-4-8-19)16-22-10-12-24-13-11-22;/h17H,2-16H2,1H3,(H2,20,21);1H. The molecule has 1 atom stereocenters. The third-order valence-electron chi connectivity index (χ3n) is 6.13. The Morgan fingerprint density at radius 3 is 2.52 bits per heavy atom. The number of halogens is 1. The zero-order valence-corrected chi connectivity index (χ0v) is 18.2. The summed E-state index contributed by atoms with van der Waals surface area (Å²) >= 11 is 0. The summed E-state index contributed by atoms with van der Waals surface area (Å²) in [5.74, 6) is 1.53. The first-order chi connectivity index (χ1) is 11.7. The first-order valence-corrected chi connectivity index (χ1v) is 10.0. The lowest BCUT2D eigenvalue weighted by atomic mass is 9.73. The molecule has 0 amide bonds. The van der Waals surface area contributed by atoms with Gasteiger partial charge in [-0.05, 0) is 31.6 Å². The fraction of sp³-hybridized carbons (Fsp3) is 0.947. The number of piperidine rings is 1. The number of nitrogens with two attached hydrogens (primary N) is 1. The Labute approximate surface area is 170 Å². The van der Waals surface area contributed by atoms with E-state index in [2.05, 4.69) is 16.7 Å². The molecule has 3 fully saturated rings. The van der Waals surface area contributed by atoms with Crippen LogP contribution in [0.2, 0.25) is 0 Å². The molecule has 0 aromatic carbocycles. The Morgan fingerprint density at radius 2 is 1.84 bits per heavy atom. The van der Waals surface area contributed by atoms with Gasteiger partial charge in [0, 0.05) is 44.7 Å². The molecule has 0 aromatic rings. The second-order valence-electron chi connectivity index (χ2n) is 8.32. The highest BCUT2D eigenvalue weighted by Gasteiger charge is 2.34. The Kier molecular flexibility index (Phi) is 8.75. The van der Waals surface area contributed by atoms with Gasteiger partial charge < -0.3 is 15.4 Å². The van der Waals surface area contributed by atoms with Crippen LogP contribution in [-0.4, -0.2) is 68.2 Å². The summed E-state index contributed by atoms with van der Waals surface area (Å²) in [6.07, 6.45) is 9.25. The minimum absolute atomic E-state index is 0. The average molecular weight is 464 g/mol. The third-order valence-corrected chi connectivity index (χ3v) is 6.13. The predicted molar refractivity (Wildman–Crippen MR) is 115 cm³/mol. The van der Waals surface area contributed by atoms with Crippen molar-refractivity contribution in [3.63, 3.8) is 0 Å². The number of likely N-dealkylation sites (tertiary alicyclic amines) is 1. The molecule has 2 heterocycles. The number of hydrogen-bond donors (Lipinski definition) is 1. The van der Waals surface area contributed by atoms with Crippen LogP contribution in [-0.2, 0) is 4.74 Å². The maximum Gasteiger partial charge on any atom is 0.191 e. The lowest BCUT2D eigenvalue weighted by Gasteiger charge is -2.41. The van der Waals surface area contributed by atoms with Crippen molar-refractivity contribution in [1.29, 1.82) is 0 Å². The summed E-state index contributed by atoms with van der Waals surface area (Å²) in [7, 11) is 0. The lowest BCUT2D eigenvalue weighted by Crippen LogP contribution is -2.47. The van der Waals surface area contributed by atoms with Crippen molar-refractivity contribution in [2.45, 2.75) is 51.9 Å². The summed E-state index contributed by atoms with van der Waals surface area (Å²) in [6.45, 7) is 10.5. The van der Waals surface area contributed by atoms with Gasteiger partial charge in [0.15, 0.2) is 5.96 Å². The fourth-order valence-corrected chi connectivity index (χ4v) is 4.65. The molecule has 0 radical (unpaired) electrons. The molecule has 6 heteroatoms. The molecule has 25 heavy (non-hydrogen) atoms. The van der Waals surface area contributed by atoms with Crippen LogP contribution in [0.5, 0.6) is 0 Å². The van der Waals surface area contributed by atoms with Crippen LogP contribution in [0.1, 0.15) is 51.9 Å². The molecule has 1 saturated carbocycles. The highest BCUT2D eigenvalue weighted by atomic mass is 127. The Bertz CT molecular complexity index is 420. The highest BCUT2D eigenvalue weighted by molar-refractivity contribution is 14.0. The second-order valence-corrected chi connectivity index (χ2v) is 8.32. The monoisotopic (exact) mass is 464 g/mol. The molecule has 1 aliphatic carbocycles. The zero-order valence-electron chi connectivity index (χ0n) is 15.9. The summed E-state index contributed by atoms with van der Waals surface area (Å²) in [6, 6.07) is 0. The zero-order chi connectivity index (χ0) is 16.8. The number of nitrogens with zero attached hydrogens (tertiary/aromatic N) is 3. The lowest BCUT2D eigenvalue weighted by molar-refractivity contribution is 0.00933. The van der Waals surface area contributed by atoms with Crippen molar-refractivity contribution < 1.29 is 4.74 Å². The number of aliphatic imine (C=N–C) groups is 1. The van der Waals surface area contributed by atoms with Gasteiger partial charge in [-0.25, -0.2) is 0 Å². The first kappa shape index (κ1) is 21.2. The summed E-state index contributed by atoms with van der Waals surface area (Å²) in [4.78, 5) is 9.80. The van der Waals surface area contributed by atoms with Gasteiger partial charge in [-0.2, -0.15) is 0 Å². The fourth-order valence-electron chi connectivity index (χ4n) is 4.65. The van der Waals surface area contributed by atoms with E-state index in [0.717, 1.165) is 57.8 Å². The van der Waals surface area contributed by atoms with E-state index in [4.69, 9.17) is 15.5 Å². The topological polar surface area (TPSA) is 54.1 Å². The molecule has 1 unspecified atom stereocenters. The predicted octanol–water partition coefficient (Wildman–Crippen LogP) is 2.93. The van der Waals surface area contributed by atoms with Crippen molar-refractivity contribution in [3.8, 4) is 0 Å². The number of ether oxygens (including phenoxy) is 1. The summed E-state index contributed by atoms with van der Waals surface area (Å²) in [5, 5.41) is 0. The van der Waals surface area contributed by atoms with Gasteiger partial charge in [-0.1, -0.05) is 26.2 Å². The third kappa shape index (κ3) is 6.24. The van der Waals surface area contributed by atoms with Crippen LogP contribution in [0.25, 0.3) is 0 Å². The van der Waals surface area contributed by atoms with Crippen LogP contribution >= 0.6 is 24.0 Å². The van der Waals surface area contributed by atoms with E-state index >= 15 is 0 Å². The van der Waals surface area contributed by atoms with Gasteiger partial charge in [0.05, 0.1) is 13.2 Å². The van der Waals surface area contributed by atoms with E-state index < -0.39 is 0 Å². The largest absolute Gasteiger partial charge is 0.379 e. The first-order valence-electron chi connectivity index (χ1n) is 10.0. The van der Waals surface area contributed by atoms with Gasteiger partial charge in [-0.3, -0.25) is 9.89 Å². The molecular weight excluding hydrogens is 427 g/mol. The number of hydrogen-bond acceptors (Lipinski definition) is 3. The van der Waals surface area contributed by atoms with Gasteiger partial charge in [0.2, 0.25) is 0 Å². The molecule has 3 aliphatic rings. The Morgan fingerprint density at radius 1 is 1.12 bits per heavy atom. The minimum Gasteiger partial charge on any atom is -0.379 e. The van der Waals surface area contributed by atoms with E-state index in [1.165, 1.54) is 51.5 Å². The second kappa shape index (κ2) is 10.3. The molecule has 2 aliphatic heterocycles. The quantitative estimate of drug-likeness (QED) is 0.395. The highest BCUT2D eigenvalue weighted by Crippen LogP contribution is 2.37. The van der Waals surface area contributed by atoms with Crippen molar-refractivity contribution in [2.24, 2.45) is 22.1 Å². The normalized spacial score (nSPS) is 28.4. The molecule has 146 valence electrons. The molecule has 2 saturated heterocycles. The van der Waals surface area contributed by atoms with Gasteiger partial charge in [0.25, 0.3) is 0 Å². The smallest absolute Gasteiger partial charge is 0.191 e. The number of rotatable bonds is 4. The van der Waals surface area contributed by atoms with Crippen molar-refractivity contribution in [3.05, 3.63) is 0 Å². The Hall–Kier alpha value is -0.0800. The average Bonchev–Trinajstić information content (AvgIpc) is 2.61. The van der Waals surface area contributed by atoms with E-state index in [-0.39, 0.29) is 24.0 Å². The van der Waals surface area contributed by atoms with Gasteiger partial charge in [0.1, 0.15) is 0 Å². The van der Waals surface area contributed by atoms with E-state index in [0.29, 0.717) is 5.41 Å². The maximum atomic E-state index is 6.36. The summed E-state index contributed by atoms with van der Waals surface area (Å²) < 4.78 is 5.51. The van der Waals surface area contributed by atoms with Crippen molar-refractivity contribution >= 4 is 29.9 Å². The molecular formula is C19H37IN4O. The van der Waals surface area contributed by atoms with E-state index in [1.807, 2.05) is 0 Å². The summed E-state index contributed by atoms with van der Waals surface area (Å²) in [5.41, 5.74) is 6.70. The van der Waals surface area contributed by atoms with E-state index in [1.54, 1.807) is 0 Å². The molecule has 5 nitrogen and oxygen atoms in total. The number of morpholine rings is 1. The molecule has 0 aromatic heterocycles. The molecule has 0 spiro atoms. The Balaban J connectivity index is 0.00000225. The molecule has 2 N–H and O–H groups in total. The van der Waals surface area contributed by atoms with Crippen LogP contribution in [0, 0.1) is 11.3 Å². The van der Waals surface area contributed by atoms with Crippen LogP contribution in [0.4, 0.5) is 0 Å². The molecule has 0 bridgehead atoms.